The van der Waals surface area contributed by atoms with Crippen LogP contribution in [0.2, 0.25) is 5.02 Å². The van der Waals surface area contributed by atoms with Crippen LogP contribution in [-0.4, -0.2) is 38.5 Å². The molecule has 0 fully saturated rings. The third kappa shape index (κ3) is 7.06. The first-order chi connectivity index (χ1) is 16.6. The van der Waals surface area contributed by atoms with E-state index in [2.05, 4.69) is 15.2 Å². The van der Waals surface area contributed by atoms with Crippen molar-refractivity contribution in [2.45, 2.75) is 32.1 Å². The van der Waals surface area contributed by atoms with Crippen LogP contribution in [-0.2, 0) is 29.9 Å². The molecule has 35 heavy (non-hydrogen) atoms. The van der Waals surface area contributed by atoms with Gasteiger partial charge in [0.1, 0.15) is 17.5 Å². The molecular formula is C24H25ClN2O7S. The molecule has 3 rings (SSSR count). The van der Waals surface area contributed by atoms with Crippen molar-refractivity contribution in [3.05, 3.63) is 70.4 Å². The van der Waals surface area contributed by atoms with Crippen molar-refractivity contribution in [3.8, 4) is 11.3 Å². The zero-order valence-corrected chi connectivity index (χ0v) is 21.0. The molecule has 0 aliphatic heterocycles. The summed E-state index contributed by atoms with van der Waals surface area (Å²) in [6.07, 6.45) is -1.50. The van der Waals surface area contributed by atoms with Gasteiger partial charge in [0.25, 0.3) is 0 Å². The first kappa shape index (κ1) is 26.2. The monoisotopic (exact) mass is 520 g/mol. The Morgan fingerprint density at radius 2 is 1.83 bits per heavy atom. The Morgan fingerprint density at radius 3 is 2.49 bits per heavy atom. The van der Waals surface area contributed by atoms with E-state index in [1.165, 1.54) is 7.11 Å². The number of carbonyl (C=O) groups excluding carboxylic acids is 2. The minimum Gasteiger partial charge on any atom is -0.469 e. The molecule has 9 nitrogen and oxygen atoms in total. The van der Waals surface area contributed by atoms with E-state index in [-0.39, 0.29) is 17.9 Å². The maximum atomic E-state index is 12.5. The quantitative estimate of drug-likeness (QED) is 0.387. The fourth-order valence-electron chi connectivity index (χ4n) is 3.29. The van der Waals surface area contributed by atoms with Crippen molar-refractivity contribution < 1.29 is 32.0 Å². The number of nitrogens with zero attached hydrogens (tertiary/aromatic N) is 1. The second-order valence-corrected chi connectivity index (χ2v) is 10.4. The number of hydrogen-bond acceptors (Lipinski definition) is 8. The number of benzene rings is 2. The lowest BCUT2D eigenvalue weighted by Gasteiger charge is -2.15. The number of hydrogen-bond donors (Lipinski definition) is 1. The topological polar surface area (TPSA) is 125 Å². The second kappa shape index (κ2) is 11.4. The second-order valence-electron chi connectivity index (χ2n) is 7.78. The molecule has 1 amide bonds. The van der Waals surface area contributed by atoms with Gasteiger partial charge in [0.15, 0.2) is 15.6 Å². The van der Waals surface area contributed by atoms with E-state index in [1.54, 1.807) is 62.4 Å². The molecule has 0 saturated carbocycles. The number of rotatable bonds is 9. The third-order valence-corrected chi connectivity index (χ3v) is 7.11. The van der Waals surface area contributed by atoms with Gasteiger partial charge in [-0.05, 0) is 25.5 Å². The lowest BCUT2D eigenvalue weighted by atomic mass is 10.1. The highest BCUT2D eigenvalue weighted by Gasteiger charge is 2.21. The molecule has 2 aromatic carbocycles. The summed E-state index contributed by atoms with van der Waals surface area (Å²) in [6.45, 7) is 3.38. The number of sulfone groups is 1. The van der Waals surface area contributed by atoms with E-state index in [0.717, 1.165) is 0 Å². The molecule has 0 bridgehead atoms. The molecule has 11 heteroatoms. The predicted molar refractivity (Wildman–Crippen MR) is 131 cm³/mol. The Kier molecular flexibility index (Phi) is 8.52. The average Bonchev–Trinajstić information content (AvgIpc) is 3.17. The third-order valence-electron chi connectivity index (χ3n) is 5.16. The van der Waals surface area contributed by atoms with E-state index in [0.29, 0.717) is 38.9 Å². The Morgan fingerprint density at radius 1 is 1.14 bits per heavy atom. The first-order valence-electron chi connectivity index (χ1n) is 10.6. The van der Waals surface area contributed by atoms with Crippen LogP contribution in [0.4, 0.5) is 10.5 Å². The summed E-state index contributed by atoms with van der Waals surface area (Å²) in [7, 11) is -2.28. The molecule has 1 heterocycles. The zero-order chi connectivity index (χ0) is 25.6. The van der Waals surface area contributed by atoms with Gasteiger partial charge in [-0.3, -0.25) is 10.1 Å². The van der Waals surface area contributed by atoms with Crippen LogP contribution in [0.3, 0.4) is 0 Å². The predicted octanol–water partition coefficient (Wildman–Crippen LogP) is 5.09. The Balaban J connectivity index is 1.69. The lowest BCUT2D eigenvalue weighted by molar-refractivity contribution is -0.140. The summed E-state index contributed by atoms with van der Waals surface area (Å²) in [5, 5.41) is 7.07. The van der Waals surface area contributed by atoms with Gasteiger partial charge in [-0.25, -0.2) is 13.2 Å². The van der Waals surface area contributed by atoms with Crippen LogP contribution >= 0.6 is 11.6 Å². The molecule has 1 N–H and O–H groups in total. The molecule has 0 aliphatic rings. The standard InChI is InChI=1S/C24H25ClN2O7S/c1-15-22(26-24(29)33-16(2)19-6-4-5-7-20(19)25)23(34-27-15)18-10-8-17(9-11-18)14-35(30,31)13-12-21(28)32-3/h4-11,16H,12-14H2,1-3H3,(H,26,29). The first-order valence-corrected chi connectivity index (χ1v) is 12.8. The van der Waals surface area contributed by atoms with Crippen molar-refractivity contribution >= 4 is 39.2 Å². The van der Waals surface area contributed by atoms with Gasteiger partial charge >= 0.3 is 12.1 Å². The van der Waals surface area contributed by atoms with Crippen molar-refractivity contribution in [1.29, 1.82) is 0 Å². The van der Waals surface area contributed by atoms with Crippen LogP contribution < -0.4 is 5.32 Å². The summed E-state index contributed by atoms with van der Waals surface area (Å²) >= 11 is 6.17. The number of halogens is 1. The summed E-state index contributed by atoms with van der Waals surface area (Å²) in [5.41, 5.74) is 2.56. The number of esters is 1. The van der Waals surface area contributed by atoms with Crippen molar-refractivity contribution in [2.24, 2.45) is 0 Å². The van der Waals surface area contributed by atoms with Gasteiger partial charge in [0.05, 0.1) is 25.0 Å². The molecular weight excluding hydrogens is 496 g/mol. The fraction of sp³-hybridized carbons (Fsp3) is 0.292. The smallest absolute Gasteiger partial charge is 0.412 e. The normalized spacial score (nSPS) is 12.1. The molecule has 0 spiro atoms. The van der Waals surface area contributed by atoms with Crippen LogP contribution in [0, 0.1) is 6.92 Å². The van der Waals surface area contributed by atoms with E-state index in [9.17, 15) is 18.0 Å². The van der Waals surface area contributed by atoms with E-state index < -0.39 is 28.0 Å². The fourth-order valence-corrected chi connectivity index (χ4v) is 4.91. The number of ether oxygens (including phenoxy) is 2. The maximum Gasteiger partial charge on any atom is 0.412 e. The van der Waals surface area contributed by atoms with Gasteiger partial charge in [-0.1, -0.05) is 59.2 Å². The minimum absolute atomic E-state index is 0.200. The average molecular weight is 521 g/mol. The maximum absolute atomic E-state index is 12.5. The summed E-state index contributed by atoms with van der Waals surface area (Å²) < 4.78 is 39.9. The molecule has 1 atom stereocenters. The SMILES string of the molecule is COC(=O)CCS(=O)(=O)Cc1ccc(-c2onc(C)c2NC(=O)OC(C)c2ccccc2Cl)cc1. The van der Waals surface area contributed by atoms with Crippen LogP contribution in [0.25, 0.3) is 11.3 Å². The van der Waals surface area contributed by atoms with Crippen LogP contribution in [0.1, 0.15) is 36.3 Å². The Labute approximate surface area is 208 Å². The lowest BCUT2D eigenvalue weighted by Crippen LogP contribution is -2.17. The Bertz CT molecular complexity index is 1300. The van der Waals surface area contributed by atoms with Gasteiger partial charge in [-0.15, -0.1) is 0 Å². The molecule has 3 aromatic rings. The van der Waals surface area contributed by atoms with E-state index in [4.69, 9.17) is 20.9 Å². The van der Waals surface area contributed by atoms with Gasteiger partial charge in [0.2, 0.25) is 0 Å². The molecule has 0 aliphatic carbocycles. The van der Waals surface area contributed by atoms with Crippen LogP contribution in [0.15, 0.2) is 53.1 Å². The number of anilines is 1. The van der Waals surface area contributed by atoms with Crippen LogP contribution in [0.5, 0.6) is 0 Å². The Hall–Kier alpha value is -3.37. The van der Waals surface area contributed by atoms with Gasteiger partial charge in [0, 0.05) is 16.1 Å². The van der Waals surface area contributed by atoms with Crippen molar-refractivity contribution in [1.82, 2.24) is 5.16 Å². The molecule has 0 saturated heterocycles. The number of aryl methyl sites for hydroxylation is 1. The summed E-state index contributed by atoms with van der Waals surface area (Å²) in [6, 6.07) is 13.7. The van der Waals surface area contributed by atoms with Gasteiger partial charge < -0.3 is 14.0 Å². The number of amides is 1. The minimum atomic E-state index is -3.49. The highest BCUT2D eigenvalue weighted by Crippen LogP contribution is 2.32. The number of aromatic nitrogens is 1. The van der Waals surface area contributed by atoms with Crippen molar-refractivity contribution in [2.75, 3.05) is 18.2 Å². The highest BCUT2D eigenvalue weighted by atomic mass is 35.5. The molecule has 1 unspecified atom stereocenters. The van der Waals surface area contributed by atoms with Gasteiger partial charge in [-0.2, -0.15) is 0 Å². The van der Waals surface area contributed by atoms with E-state index >= 15 is 0 Å². The molecule has 1 aromatic heterocycles. The molecule has 186 valence electrons. The number of methoxy groups -OCH3 is 1. The largest absolute Gasteiger partial charge is 0.469 e. The van der Waals surface area contributed by atoms with E-state index in [1.807, 2.05) is 0 Å². The summed E-state index contributed by atoms with van der Waals surface area (Å²) in [4.78, 5) is 23.8. The number of nitrogens with one attached hydrogen (secondary N) is 1. The molecule has 0 radical (unpaired) electrons. The summed E-state index contributed by atoms with van der Waals surface area (Å²) in [5.74, 6) is -0.808. The number of carbonyl (C=O) groups is 2. The zero-order valence-electron chi connectivity index (χ0n) is 19.4. The highest BCUT2D eigenvalue weighted by molar-refractivity contribution is 7.90. The van der Waals surface area contributed by atoms with Crippen molar-refractivity contribution in [3.63, 3.8) is 0 Å².